The first kappa shape index (κ1) is 74.3. The molecule has 79 heavy (non-hydrogen) atoms. The molecule has 446 valence electrons. The summed E-state index contributed by atoms with van der Waals surface area (Å²) in [5.41, 5.74) is 0. The molecular formula is C73H118O6. The van der Waals surface area contributed by atoms with Crippen molar-refractivity contribution in [2.45, 2.75) is 284 Å². The molecule has 0 aliphatic heterocycles. The van der Waals surface area contributed by atoms with E-state index in [0.717, 1.165) is 116 Å². The van der Waals surface area contributed by atoms with Crippen LogP contribution in [0.25, 0.3) is 0 Å². The number of esters is 3. The second-order valence-corrected chi connectivity index (χ2v) is 20.9. The van der Waals surface area contributed by atoms with E-state index in [1.807, 2.05) is 0 Å². The molecule has 0 rings (SSSR count). The lowest BCUT2D eigenvalue weighted by Gasteiger charge is -2.18. The number of hydrogen-bond acceptors (Lipinski definition) is 6. The zero-order valence-corrected chi connectivity index (χ0v) is 51.1. The highest BCUT2D eigenvalue weighted by molar-refractivity contribution is 5.71. The van der Waals surface area contributed by atoms with Gasteiger partial charge >= 0.3 is 17.9 Å². The third kappa shape index (κ3) is 64.0. The van der Waals surface area contributed by atoms with Gasteiger partial charge in [0, 0.05) is 19.3 Å². The van der Waals surface area contributed by atoms with Crippen LogP contribution in [0.4, 0.5) is 0 Å². The quantitative estimate of drug-likeness (QED) is 0.0261. The van der Waals surface area contributed by atoms with Crippen molar-refractivity contribution in [3.63, 3.8) is 0 Å². The van der Waals surface area contributed by atoms with Crippen molar-refractivity contribution >= 4 is 17.9 Å². The van der Waals surface area contributed by atoms with Crippen LogP contribution in [0.5, 0.6) is 0 Å². The summed E-state index contributed by atoms with van der Waals surface area (Å²) in [5.74, 6) is -0.976. The summed E-state index contributed by atoms with van der Waals surface area (Å²) in [6.45, 7) is 6.42. The van der Waals surface area contributed by atoms with Crippen molar-refractivity contribution in [2.24, 2.45) is 0 Å². The van der Waals surface area contributed by atoms with Crippen LogP contribution in [0.15, 0.2) is 146 Å². The number of ether oxygens (including phenoxy) is 3. The largest absolute Gasteiger partial charge is 0.462 e. The fourth-order valence-electron chi connectivity index (χ4n) is 8.51. The van der Waals surface area contributed by atoms with Crippen LogP contribution in [0.3, 0.4) is 0 Å². The fourth-order valence-corrected chi connectivity index (χ4v) is 8.51. The van der Waals surface area contributed by atoms with Gasteiger partial charge in [0.1, 0.15) is 13.2 Å². The Kier molecular flexibility index (Phi) is 61.9. The zero-order chi connectivity index (χ0) is 57.1. The first-order chi connectivity index (χ1) is 39.0. The summed E-state index contributed by atoms with van der Waals surface area (Å²) in [6, 6.07) is 0. The van der Waals surface area contributed by atoms with Crippen LogP contribution in [-0.4, -0.2) is 37.2 Å². The van der Waals surface area contributed by atoms with Gasteiger partial charge in [0.2, 0.25) is 0 Å². The van der Waals surface area contributed by atoms with Crippen molar-refractivity contribution in [3.8, 4) is 0 Å². The summed E-state index contributed by atoms with van der Waals surface area (Å²) < 4.78 is 16.8. The van der Waals surface area contributed by atoms with Crippen LogP contribution >= 0.6 is 0 Å². The van der Waals surface area contributed by atoms with Gasteiger partial charge in [-0.2, -0.15) is 0 Å². The summed E-state index contributed by atoms with van der Waals surface area (Å²) in [5, 5.41) is 0. The number of carbonyl (C=O) groups is 3. The molecule has 0 aliphatic carbocycles. The minimum absolute atomic E-state index is 0.101. The van der Waals surface area contributed by atoms with Gasteiger partial charge < -0.3 is 14.2 Å². The van der Waals surface area contributed by atoms with Crippen LogP contribution in [-0.2, 0) is 28.6 Å². The van der Waals surface area contributed by atoms with E-state index < -0.39 is 6.10 Å². The summed E-state index contributed by atoms with van der Waals surface area (Å²) in [4.78, 5) is 38.1. The Morgan fingerprint density at radius 2 is 0.506 bits per heavy atom. The van der Waals surface area contributed by atoms with Gasteiger partial charge in [0.05, 0.1) is 0 Å². The normalized spacial score (nSPS) is 13.1. The topological polar surface area (TPSA) is 78.9 Å². The lowest BCUT2D eigenvalue weighted by atomic mass is 10.0. The van der Waals surface area contributed by atoms with Gasteiger partial charge in [-0.15, -0.1) is 0 Å². The van der Waals surface area contributed by atoms with Gasteiger partial charge in [-0.25, -0.2) is 0 Å². The van der Waals surface area contributed by atoms with Crippen LogP contribution < -0.4 is 0 Å². The van der Waals surface area contributed by atoms with Crippen LogP contribution in [0.1, 0.15) is 278 Å². The van der Waals surface area contributed by atoms with E-state index in [4.69, 9.17) is 14.2 Å². The van der Waals surface area contributed by atoms with E-state index in [2.05, 4.69) is 167 Å². The first-order valence-corrected chi connectivity index (χ1v) is 32.3. The fraction of sp³-hybridized carbons (Fsp3) is 0.630. The van der Waals surface area contributed by atoms with Crippen molar-refractivity contribution in [1.29, 1.82) is 0 Å². The van der Waals surface area contributed by atoms with E-state index in [1.165, 1.54) is 116 Å². The Bertz CT molecular complexity index is 1730. The summed E-state index contributed by atoms with van der Waals surface area (Å²) in [7, 11) is 0. The summed E-state index contributed by atoms with van der Waals surface area (Å²) >= 11 is 0. The molecule has 0 spiro atoms. The molecule has 0 radical (unpaired) electrons. The molecule has 1 unspecified atom stereocenters. The molecule has 0 saturated heterocycles. The number of allylic oxidation sites excluding steroid dienone is 24. The molecule has 6 nitrogen and oxygen atoms in total. The van der Waals surface area contributed by atoms with E-state index in [1.54, 1.807) is 0 Å². The highest BCUT2D eigenvalue weighted by Gasteiger charge is 2.19. The van der Waals surface area contributed by atoms with E-state index >= 15 is 0 Å². The standard InChI is InChI=1S/C73H118O6/c1-4-7-10-13-16-18-20-22-24-26-28-30-32-34-35-36-37-39-40-42-44-46-48-50-52-54-57-60-63-66-72(75)78-69-70(68-77-71(74)65-62-59-56-15-12-9-6-3)79-73(76)67-64-61-58-55-53-51-49-47-45-43-41-38-33-31-29-27-25-23-21-19-17-14-11-8-5-2/h7,10,16,18,21-24,27-30,33-35,37-39,42,44,48,50,54,57,70H,4-6,8-9,11-15,17,19-20,25-26,31-32,36,40-41,43,45-47,49,51-53,55-56,58-69H2,1-3H3/b10-7-,18-16-,23-21-,24-22-,29-27-,30-28-,35-34-,38-33-,39-37-,44-42-,50-48-,57-54-. The maximum atomic E-state index is 12.9. The second-order valence-electron chi connectivity index (χ2n) is 20.9. The molecule has 6 heteroatoms. The molecule has 0 aromatic heterocycles. The minimum Gasteiger partial charge on any atom is -0.462 e. The van der Waals surface area contributed by atoms with Crippen molar-refractivity contribution < 1.29 is 28.6 Å². The molecule has 0 aliphatic rings. The third-order valence-electron chi connectivity index (χ3n) is 13.3. The molecule has 0 amide bonds. The van der Waals surface area contributed by atoms with Crippen LogP contribution in [0, 0.1) is 0 Å². The Balaban J connectivity index is 4.29. The van der Waals surface area contributed by atoms with Gasteiger partial charge in [0.15, 0.2) is 6.10 Å². The highest BCUT2D eigenvalue weighted by Crippen LogP contribution is 2.15. The van der Waals surface area contributed by atoms with Gasteiger partial charge in [-0.3, -0.25) is 14.4 Å². The Morgan fingerprint density at radius 3 is 0.823 bits per heavy atom. The van der Waals surface area contributed by atoms with E-state index in [0.29, 0.717) is 19.3 Å². The van der Waals surface area contributed by atoms with Crippen molar-refractivity contribution in [1.82, 2.24) is 0 Å². The van der Waals surface area contributed by atoms with E-state index in [9.17, 15) is 14.4 Å². The number of unbranched alkanes of at least 4 members (excludes halogenated alkanes) is 22. The van der Waals surface area contributed by atoms with Crippen molar-refractivity contribution in [3.05, 3.63) is 146 Å². The Hall–Kier alpha value is -4.71. The number of hydrogen-bond donors (Lipinski definition) is 0. The molecule has 0 bridgehead atoms. The maximum absolute atomic E-state index is 12.9. The van der Waals surface area contributed by atoms with E-state index in [-0.39, 0.29) is 37.5 Å². The molecule has 0 heterocycles. The predicted octanol–water partition coefficient (Wildman–Crippen LogP) is 22.3. The second kappa shape index (κ2) is 65.8. The molecular weight excluding hydrogens is 973 g/mol. The number of rotatable bonds is 57. The predicted molar refractivity (Wildman–Crippen MR) is 343 cm³/mol. The smallest absolute Gasteiger partial charge is 0.306 e. The lowest BCUT2D eigenvalue weighted by molar-refractivity contribution is -0.167. The molecule has 0 aromatic carbocycles. The lowest BCUT2D eigenvalue weighted by Crippen LogP contribution is -2.30. The average Bonchev–Trinajstić information content (AvgIpc) is 3.45. The van der Waals surface area contributed by atoms with Gasteiger partial charge in [-0.05, 0) is 122 Å². The first-order valence-electron chi connectivity index (χ1n) is 32.3. The molecule has 0 saturated carbocycles. The third-order valence-corrected chi connectivity index (χ3v) is 13.3. The SMILES string of the molecule is CC/C=C\C/C=C\C/C=C\C/C=C\C/C=C\C/C=C\C/C=C\C/C=C\C/C=C\CCCC(=O)OCC(COC(=O)CCCCCCCCC)OC(=O)CCCCCCCCCCCC/C=C\C/C=C\C/C=C\CCCCCCC. The number of carbonyl (C=O) groups excluding carboxylic acids is 3. The summed E-state index contributed by atoms with van der Waals surface area (Å²) in [6.07, 6.45) is 94.5. The molecule has 1 atom stereocenters. The molecule has 0 fully saturated rings. The maximum Gasteiger partial charge on any atom is 0.306 e. The molecule has 0 aromatic rings. The van der Waals surface area contributed by atoms with Crippen LogP contribution in [0.2, 0.25) is 0 Å². The molecule has 0 N–H and O–H groups in total. The Morgan fingerprint density at radius 1 is 0.266 bits per heavy atom. The Labute approximate surface area is 487 Å². The highest BCUT2D eigenvalue weighted by atomic mass is 16.6. The van der Waals surface area contributed by atoms with Gasteiger partial charge in [0.25, 0.3) is 0 Å². The zero-order valence-electron chi connectivity index (χ0n) is 51.1. The average molecular weight is 1090 g/mol. The van der Waals surface area contributed by atoms with Crippen molar-refractivity contribution in [2.75, 3.05) is 13.2 Å². The minimum atomic E-state index is -0.808. The van der Waals surface area contributed by atoms with Gasteiger partial charge in [-0.1, -0.05) is 282 Å². The monoisotopic (exact) mass is 1090 g/mol.